The van der Waals surface area contributed by atoms with E-state index in [-0.39, 0.29) is 5.91 Å². The molecule has 1 saturated carbocycles. The van der Waals surface area contributed by atoms with Crippen molar-refractivity contribution >= 4 is 5.91 Å². The lowest BCUT2D eigenvalue weighted by Crippen LogP contribution is -2.30. The van der Waals surface area contributed by atoms with Gasteiger partial charge in [-0.25, -0.2) is 0 Å². The molecule has 1 aromatic rings. The molecule has 0 aliphatic heterocycles. The van der Waals surface area contributed by atoms with Crippen molar-refractivity contribution in [1.82, 2.24) is 4.90 Å². The van der Waals surface area contributed by atoms with Crippen LogP contribution in [0.3, 0.4) is 0 Å². The standard InChI is InChI=1S/C15H21NO3/c1-4-19-14-9-11(5-8-13(14)18-3)10-15(17)16(2)12-6-7-12/h5,8-9,12H,4,6-7,10H2,1-3H3. The lowest BCUT2D eigenvalue weighted by atomic mass is 10.1. The van der Waals surface area contributed by atoms with Crippen LogP contribution in [0.25, 0.3) is 0 Å². The third-order valence-corrected chi connectivity index (χ3v) is 3.37. The zero-order valence-electron chi connectivity index (χ0n) is 11.8. The van der Waals surface area contributed by atoms with Gasteiger partial charge in [-0.05, 0) is 37.5 Å². The highest BCUT2D eigenvalue weighted by atomic mass is 16.5. The molecule has 0 spiro atoms. The van der Waals surface area contributed by atoms with Gasteiger partial charge in [-0.2, -0.15) is 0 Å². The second kappa shape index (κ2) is 5.95. The Balaban J connectivity index is 2.07. The number of carbonyl (C=O) groups excluding carboxylic acids is 1. The summed E-state index contributed by atoms with van der Waals surface area (Å²) in [6, 6.07) is 6.11. The van der Waals surface area contributed by atoms with Crippen molar-refractivity contribution in [2.45, 2.75) is 32.2 Å². The van der Waals surface area contributed by atoms with E-state index in [2.05, 4.69) is 0 Å². The van der Waals surface area contributed by atoms with Gasteiger partial charge in [0.05, 0.1) is 20.1 Å². The van der Waals surface area contributed by atoms with E-state index in [1.165, 1.54) is 0 Å². The van der Waals surface area contributed by atoms with E-state index in [1.54, 1.807) is 7.11 Å². The van der Waals surface area contributed by atoms with Crippen molar-refractivity contribution in [3.8, 4) is 11.5 Å². The fourth-order valence-corrected chi connectivity index (χ4v) is 2.06. The zero-order valence-corrected chi connectivity index (χ0v) is 11.8. The monoisotopic (exact) mass is 263 g/mol. The molecule has 0 heterocycles. The van der Waals surface area contributed by atoms with Crippen LogP contribution in [0.1, 0.15) is 25.3 Å². The Kier molecular flexibility index (Phi) is 4.30. The number of ether oxygens (including phenoxy) is 2. The third kappa shape index (κ3) is 3.40. The number of nitrogens with zero attached hydrogens (tertiary/aromatic N) is 1. The summed E-state index contributed by atoms with van der Waals surface area (Å²) in [7, 11) is 3.50. The van der Waals surface area contributed by atoms with Crippen LogP contribution in [0.2, 0.25) is 0 Å². The molecule has 2 rings (SSSR count). The minimum Gasteiger partial charge on any atom is -0.493 e. The van der Waals surface area contributed by atoms with Crippen molar-refractivity contribution in [3.63, 3.8) is 0 Å². The quantitative estimate of drug-likeness (QED) is 0.790. The molecule has 4 nitrogen and oxygen atoms in total. The number of hydrogen-bond donors (Lipinski definition) is 0. The Morgan fingerprint density at radius 2 is 2.11 bits per heavy atom. The second-order valence-electron chi connectivity index (χ2n) is 4.83. The van der Waals surface area contributed by atoms with Gasteiger partial charge in [0.2, 0.25) is 5.91 Å². The topological polar surface area (TPSA) is 38.8 Å². The van der Waals surface area contributed by atoms with Crippen LogP contribution in [-0.2, 0) is 11.2 Å². The molecule has 0 aromatic heterocycles. The molecule has 1 amide bonds. The largest absolute Gasteiger partial charge is 0.493 e. The summed E-state index contributed by atoms with van der Waals surface area (Å²) in [4.78, 5) is 13.9. The number of likely N-dealkylation sites (N-methyl/N-ethyl adjacent to an activating group) is 1. The van der Waals surface area contributed by atoms with E-state index < -0.39 is 0 Å². The van der Waals surface area contributed by atoms with Crippen LogP contribution in [0.4, 0.5) is 0 Å². The summed E-state index contributed by atoms with van der Waals surface area (Å²) < 4.78 is 10.8. The van der Waals surface area contributed by atoms with Crippen LogP contribution in [-0.4, -0.2) is 37.6 Å². The minimum absolute atomic E-state index is 0.162. The number of methoxy groups -OCH3 is 1. The van der Waals surface area contributed by atoms with Crippen molar-refractivity contribution in [2.24, 2.45) is 0 Å². The van der Waals surface area contributed by atoms with Gasteiger partial charge >= 0.3 is 0 Å². The Bertz CT molecular complexity index is 455. The van der Waals surface area contributed by atoms with Gasteiger partial charge in [0.1, 0.15) is 0 Å². The molecular formula is C15H21NO3. The van der Waals surface area contributed by atoms with Gasteiger partial charge in [0.25, 0.3) is 0 Å². The first kappa shape index (κ1) is 13.7. The normalized spacial score (nSPS) is 14.1. The first-order valence-corrected chi connectivity index (χ1v) is 6.71. The zero-order chi connectivity index (χ0) is 13.8. The highest BCUT2D eigenvalue weighted by molar-refractivity contribution is 5.79. The second-order valence-corrected chi connectivity index (χ2v) is 4.83. The van der Waals surface area contributed by atoms with Crippen LogP contribution in [0, 0.1) is 0 Å². The Labute approximate surface area is 114 Å². The summed E-state index contributed by atoms with van der Waals surface area (Å²) in [5, 5.41) is 0. The van der Waals surface area contributed by atoms with Gasteiger partial charge in [-0.3, -0.25) is 4.79 Å². The maximum atomic E-state index is 12.1. The molecular weight excluding hydrogens is 242 g/mol. The summed E-state index contributed by atoms with van der Waals surface area (Å²) in [5.41, 5.74) is 0.960. The lowest BCUT2D eigenvalue weighted by Gasteiger charge is -2.17. The Morgan fingerprint density at radius 3 is 2.68 bits per heavy atom. The average molecular weight is 263 g/mol. The van der Waals surface area contributed by atoms with Gasteiger partial charge in [-0.15, -0.1) is 0 Å². The number of amides is 1. The van der Waals surface area contributed by atoms with Gasteiger partial charge in [0.15, 0.2) is 11.5 Å². The number of benzene rings is 1. The molecule has 0 bridgehead atoms. The lowest BCUT2D eigenvalue weighted by molar-refractivity contribution is -0.129. The van der Waals surface area contributed by atoms with Gasteiger partial charge in [0, 0.05) is 13.1 Å². The van der Waals surface area contributed by atoms with Crippen molar-refractivity contribution < 1.29 is 14.3 Å². The molecule has 0 radical (unpaired) electrons. The molecule has 0 N–H and O–H groups in total. The molecule has 19 heavy (non-hydrogen) atoms. The fourth-order valence-electron chi connectivity index (χ4n) is 2.06. The predicted octanol–water partition coefficient (Wildman–Crippen LogP) is 2.26. The third-order valence-electron chi connectivity index (χ3n) is 3.37. The summed E-state index contributed by atoms with van der Waals surface area (Å²) in [5.74, 6) is 1.56. The molecule has 1 aliphatic rings. The van der Waals surface area contributed by atoms with Crippen molar-refractivity contribution in [2.75, 3.05) is 20.8 Å². The molecule has 1 aliphatic carbocycles. The minimum atomic E-state index is 0.162. The van der Waals surface area contributed by atoms with Crippen LogP contribution < -0.4 is 9.47 Å². The maximum absolute atomic E-state index is 12.1. The van der Waals surface area contributed by atoms with E-state index in [1.807, 2.05) is 37.1 Å². The molecule has 104 valence electrons. The molecule has 0 unspecified atom stereocenters. The van der Waals surface area contributed by atoms with E-state index >= 15 is 0 Å². The van der Waals surface area contributed by atoms with Crippen molar-refractivity contribution in [1.29, 1.82) is 0 Å². The first-order chi connectivity index (χ1) is 9.15. The molecule has 1 fully saturated rings. The molecule has 4 heteroatoms. The number of carbonyl (C=O) groups is 1. The molecule has 0 saturated heterocycles. The van der Waals surface area contributed by atoms with Crippen molar-refractivity contribution in [3.05, 3.63) is 23.8 Å². The summed E-state index contributed by atoms with van der Waals surface area (Å²) in [6.07, 6.45) is 2.68. The van der Waals surface area contributed by atoms with Crippen LogP contribution in [0.15, 0.2) is 18.2 Å². The van der Waals surface area contributed by atoms with Crippen LogP contribution in [0.5, 0.6) is 11.5 Å². The van der Waals surface area contributed by atoms with E-state index in [9.17, 15) is 4.79 Å². The van der Waals surface area contributed by atoms with Gasteiger partial charge < -0.3 is 14.4 Å². The molecule has 0 atom stereocenters. The summed E-state index contributed by atoms with van der Waals surface area (Å²) >= 11 is 0. The Morgan fingerprint density at radius 1 is 1.37 bits per heavy atom. The molecule has 1 aromatic carbocycles. The number of rotatable bonds is 6. The fraction of sp³-hybridized carbons (Fsp3) is 0.533. The highest BCUT2D eigenvalue weighted by Gasteiger charge is 2.29. The van der Waals surface area contributed by atoms with E-state index in [4.69, 9.17) is 9.47 Å². The van der Waals surface area contributed by atoms with Crippen LogP contribution >= 0.6 is 0 Å². The summed E-state index contributed by atoms with van der Waals surface area (Å²) in [6.45, 7) is 2.51. The maximum Gasteiger partial charge on any atom is 0.226 e. The van der Waals surface area contributed by atoms with Gasteiger partial charge in [-0.1, -0.05) is 6.07 Å². The van der Waals surface area contributed by atoms with E-state index in [0.717, 1.165) is 18.4 Å². The van der Waals surface area contributed by atoms with E-state index in [0.29, 0.717) is 30.6 Å². The Hall–Kier alpha value is -1.71. The first-order valence-electron chi connectivity index (χ1n) is 6.71. The number of hydrogen-bond acceptors (Lipinski definition) is 3. The highest BCUT2D eigenvalue weighted by Crippen LogP contribution is 2.29. The smallest absolute Gasteiger partial charge is 0.226 e. The average Bonchev–Trinajstić information content (AvgIpc) is 3.23. The predicted molar refractivity (Wildman–Crippen MR) is 73.7 cm³/mol. The SMILES string of the molecule is CCOc1cc(CC(=O)N(C)C2CC2)ccc1OC.